The van der Waals surface area contributed by atoms with E-state index >= 15 is 0 Å². The lowest BCUT2D eigenvalue weighted by molar-refractivity contribution is 0.0773. The Morgan fingerprint density at radius 3 is 2.14 bits per heavy atom. The highest BCUT2D eigenvalue weighted by Gasteiger charge is 2.66. The summed E-state index contributed by atoms with van der Waals surface area (Å²) in [5, 5.41) is 0. The third-order valence-electron chi connectivity index (χ3n) is 6.06. The Hall–Kier alpha value is -0.0400. The SMILES string of the molecule is NCC1C2C3CC(C4CCCC3C4)C12. The number of fused-ring (bicyclic) bond motifs is 9. The summed E-state index contributed by atoms with van der Waals surface area (Å²) < 4.78 is 0. The summed E-state index contributed by atoms with van der Waals surface area (Å²) in [6, 6.07) is 0. The quantitative estimate of drug-likeness (QED) is 0.676. The summed E-state index contributed by atoms with van der Waals surface area (Å²) in [6.45, 7) is 0.988. The van der Waals surface area contributed by atoms with E-state index < -0.39 is 0 Å². The molecule has 0 aromatic rings. The van der Waals surface area contributed by atoms with Gasteiger partial charge in [0.2, 0.25) is 0 Å². The van der Waals surface area contributed by atoms with Crippen LogP contribution in [0.15, 0.2) is 0 Å². The third-order valence-corrected chi connectivity index (χ3v) is 6.06. The van der Waals surface area contributed by atoms with Gasteiger partial charge in [-0.05, 0) is 60.8 Å². The maximum absolute atomic E-state index is 5.88. The highest BCUT2D eigenvalue weighted by molar-refractivity contribution is 5.15. The Morgan fingerprint density at radius 2 is 1.57 bits per heavy atom. The molecule has 1 nitrogen and oxygen atoms in total. The first-order chi connectivity index (χ1) is 6.90. The van der Waals surface area contributed by atoms with Crippen LogP contribution in [0, 0.1) is 41.4 Å². The molecule has 0 heterocycles. The fourth-order valence-corrected chi connectivity index (χ4v) is 5.63. The van der Waals surface area contributed by atoms with Crippen LogP contribution >= 0.6 is 0 Å². The Labute approximate surface area is 86.4 Å². The zero-order valence-corrected chi connectivity index (χ0v) is 8.86. The van der Waals surface area contributed by atoms with Gasteiger partial charge in [0.15, 0.2) is 0 Å². The van der Waals surface area contributed by atoms with Crippen molar-refractivity contribution >= 4 is 0 Å². The highest BCUT2D eigenvalue weighted by Crippen LogP contribution is 2.71. The molecule has 0 saturated heterocycles. The molecule has 6 unspecified atom stereocenters. The van der Waals surface area contributed by atoms with E-state index in [0.717, 1.165) is 48.0 Å². The van der Waals surface area contributed by atoms with Crippen molar-refractivity contribution in [1.29, 1.82) is 0 Å². The minimum Gasteiger partial charge on any atom is -0.330 e. The van der Waals surface area contributed by atoms with E-state index in [1.54, 1.807) is 25.7 Å². The Morgan fingerprint density at radius 1 is 0.929 bits per heavy atom. The van der Waals surface area contributed by atoms with E-state index in [1.807, 2.05) is 0 Å². The first-order valence-electron chi connectivity index (χ1n) is 6.60. The molecule has 0 aliphatic heterocycles. The van der Waals surface area contributed by atoms with Crippen molar-refractivity contribution in [2.45, 2.75) is 32.1 Å². The van der Waals surface area contributed by atoms with Gasteiger partial charge in [0, 0.05) is 0 Å². The number of hydrogen-bond acceptors (Lipinski definition) is 1. The molecule has 0 spiro atoms. The van der Waals surface area contributed by atoms with Gasteiger partial charge in [-0.1, -0.05) is 19.3 Å². The average molecular weight is 191 g/mol. The van der Waals surface area contributed by atoms with Gasteiger partial charge >= 0.3 is 0 Å². The van der Waals surface area contributed by atoms with Gasteiger partial charge in [0.05, 0.1) is 0 Å². The normalized spacial score (nSPS) is 63.6. The molecule has 78 valence electrons. The van der Waals surface area contributed by atoms with Gasteiger partial charge < -0.3 is 5.73 Å². The molecule has 0 amide bonds. The maximum atomic E-state index is 5.88. The summed E-state index contributed by atoms with van der Waals surface area (Å²) in [4.78, 5) is 0. The van der Waals surface area contributed by atoms with E-state index in [4.69, 9.17) is 5.73 Å². The van der Waals surface area contributed by atoms with Crippen LogP contribution in [0.3, 0.4) is 0 Å². The average Bonchev–Trinajstić information content (AvgIpc) is 2.83. The van der Waals surface area contributed by atoms with Gasteiger partial charge in [0.25, 0.3) is 0 Å². The lowest BCUT2D eigenvalue weighted by Crippen LogP contribution is -2.34. The molecular weight excluding hydrogens is 170 g/mol. The van der Waals surface area contributed by atoms with Crippen molar-refractivity contribution in [3.8, 4) is 0 Å². The zero-order chi connectivity index (χ0) is 9.28. The van der Waals surface area contributed by atoms with E-state index in [1.165, 1.54) is 6.42 Å². The predicted molar refractivity (Wildman–Crippen MR) is 56.6 cm³/mol. The summed E-state index contributed by atoms with van der Waals surface area (Å²) in [6.07, 6.45) is 7.83. The fraction of sp³-hybridized carbons (Fsp3) is 1.00. The van der Waals surface area contributed by atoms with Gasteiger partial charge in [-0.2, -0.15) is 0 Å². The molecule has 4 rings (SSSR count). The molecule has 0 aromatic carbocycles. The van der Waals surface area contributed by atoms with E-state index in [9.17, 15) is 0 Å². The summed E-state index contributed by atoms with van der Waals surface area (Å²) in [5.74, 6) is 7.64. The molecule has 0 radical (unpaired) electrons. The summed E-state index contributed by atoms with van der Waals surface area (Å²) >= 11 is 0. The van der Waals surface area contributed by atoms with Crippen molar-refractivity contribution in [3.05, 3.63) is 0 Å². The summed E-state index contributed by atoms with van der Waals surface area (Å²) in [7, 11) is 0. The zero-order valence-electron chi connectivity index (χ0n) is 8.86. The maximum Gasteiger partial charge on any atom is -0.00431 e. The highest BCUT2D eigenvalue weighted by atomic mass is 14.8. The van der Waals surface area contributed by atoms with Crippen LogP contribution in [-0.2, 0) is 0 Å². The van der Waals surface area contributed by atoms with Crippen LogP contribution in [-0.4, -0.2) is 6.54 Å². The van der Waals surface area contributed by atoms with Crippen LogP contribution in [0.25, 0.3) is 0 Å². The first kappa shape index (κ1) is 8.15. The van der Waals surface area contributed by atoms with E-state index in [0.29, 0.717) is 0 Å². The minimum atomic E-state index is 0.960. The number of nitrogens with two attached hydrogens (primary N) is 1. The standard InChI is InChI=1S/C13H21N/c14-6-11-12-9-5-10(13(11)12)8-3-1-2-7(9)4-8/h7-13H,1-6,14H2. The molecule has 2 N–H and O–H groups in total. The third kappa shape index (κ3) is 0.816. The molecule has 4 aliphatic carbocycles. The molecular formula is C13H21N. The molecule has 4 fully saturated rings. The van der Waals surface area contributed by atoms with Gasteiger partial charge in [-0.3, -0.25) is 0 Å². The second-order valence-electron chi connectivity index (χ2n) is 6.30. The predicted octanol–water partition coefficient (Wildman–Crippen LogP) is 2.26. The van der Waals surface area contributed by atoms with Crippen LogP contribution in [0.4, 0.5) is 0 Å². The van der Waals surface area contributed by atoms with Crippen LogP contribution in [0.1, 0.15) is 32.1 Å². The van der Waals surface area contributed by atoms with Crippen molar-refractivity contribution in [1.82, 2.24) is 0 Å². The summed E-state index contributed by atoms with van der Waals surface area (Å²) in [5.41, 5.74) is 5.88. The lowest BCUT2D eigenvalue weighted by Gasteiger charge is -2.42. The molecule has 4 saturated carbocycles. The van der Waals surface area contributed by atoms with Crippen LogP contribution in [0.5, 0.6) is 0 Å². The smallest absolute Gasteiger partial charge is 0.00431 e. The molecule has 0 aromatic heterocycles. The molecule has 6 atom stereocenters. The molecule has 14 heavy (non-hydrogen) atoms. The largest absolute Gasteiger partial charge is 0.330 e. The van der Waals surface area contributed by atoms with E-state index in [-0.39, 0.29) is 0 Å². The second-order valence-corrected chi connectivity index (χ2v) is 6.30. The van der Waals surface area contributed by atoms with Crippen molar-refractivity contribution in [2.24, 2.45) is 47.2 Å². The Balaban J connectivity index is 1.67. The Bertz CT molecular complexity index is 240. The number of rotatable bonds is 1. The molecule has 1 heteroatoms. The van der Waals surface area contributed by atoms with Gasteiger partial charge in [-0.15, -0.1) is 0 Å². The number of hydrogen-bond donors (Lipinski definition) is 1. The van der Waals surface area contributed by atoms with E-state index in [2.05, 4.69) is 0 Å². The van der Waals surface area contributed by atoms with Gasteiger partial charge in [0.1, 0.15) is 0 Å². The van der Waals surface area contributed by atoms with Crippen LogP contribution < -0.4 is 5.73 Å². The lowest BCUT2D eigenvalue weighted by atomic mass is 9.63. The topological polar surface area (TPSA) is 26.0 Å². The van der Waals surface area contributed by atoms with Crippen LogP contribution in [0.2, 0.25) is 0 Å². The molecule has 4 aliphatic rings. The molecule has 4 bridgehead atoms. The Kier molecular flexibility index (Phi) is 1.49. The second kappa shape index (κ2) is 2.55. The van der Waals surface area contributed by atoms with Crippen molar-refractivity contribution in [2.75, 3.05) is 6.54 Å². The van der Waals surface area contributed by atoms with Crippen molar-refractivity contribution in [3.63, 3.8) is 0 Å². The monoisotopic (exact) mass is 191 g/mol. The first-order valence-corrected chi connectivity index (χ1v) is 6.60. The van der Waals surface area contributed by atoms with Gasteiger partial charge in [-0.25, -0.2) is 0 Å². The minimum absolute atomic E-state index is 0.960. The fourth-order valence-electron chi connectivity index (χ4n) is 5.63. The van der Waals surface area contributed by atoms with Crippen molar-refractivity contribution < 1.29 is 0 Å².